The molecule has 0 radical (unpaired) electrons. The minimum absolute atomic E-state index is 0. The van der Waals surface area contributed by atoms with E-state index in [4.69, 9.17) is 0 Å². The maximum absolute atomic E-state index is 12.4. The van der Waals surface area contributed by atoms with Gasteiger partial charge in [0, 0.05) is 23.7 Å². The number of amides is 2. The van der Waals surface area contributed by atoms with Gasteiger partial charge in [0.2, 0.25) is 5.91 Å². The molecule has 6 heteroatoms. The van der Waals surface area contributed by atoms with E-state index in [-0.39, 0.29) is 30.1 Å². The molecule has 0 spiro atoms. The average molecular weight is 380 g/mol. The number of benzene rings is 1. The van der Waals surface area contributed by atoms with Crippen molar-refractivity contribution >= 4 is 29.9 Å². The fourth-order valence-corrected chi connectivity index (χ4v) is 3.80. The molecule has 0 aromatic heterocycles. The van der Waals surface area contributed by atoms with Crippen LogP contribution < -0.4 is 16.0 Å². The fourth-order valence-electron chi connectivity index (χ4n) is 3.80. The zero-order valence-electron chi connectivity index (χ0n) is 15.3. The monoisotopic (exact) mass is 379 g/mol. The molecule has 0 bridgehead atoms. The SMILES string of the molecule is Cl.O=C(NCCC1CCNC1)c1cccc(NC(=O)C2CCCCC2)c1. The van der Waals surface area contributed by atoms with Crippen molar-refractivity contribution in [2.45, 2.75) is 44.9 Å². The Bertz CT molecular complexity index is 596. The van der Waals surface area contributed by atoms with Crippen LogP contribution in [0.25, 0.3) is 0 Å². The summed E-state index contributed by atoms with van der Waals surface area (Å²) in [5, 5.41) is 9.31. The smallest absolute Gasteiger partial charge is 0.251 e. The normalized spacial score (nSPS) is 20.2. The van der Waals surface area contributed by atoms with Crippen molar-refractivity contribution < 1.29 is 9.59 Å². The lowest BCUT2D eigenvalue weighted by Crippen LogP contribution is -2.27. The molecule has 26 heavy (non-hydrogen) atoms. The number of rotatable bonds is 6. The Morgan fingerprint density at radius 2 is 1.92 bits per heavy atom. The summed E-state index contributed by atoms with van der Waals surface area (Å²) in [5.41, 5.74) is 1.31. The molecule has 2 aliphatic rings. The second-order valence-electron chi connectivity index (χ2n) is 7.31. The lowest BCUT2D eigenvalue weighted by molar-refractivity contribution is -0.120. The van der Waals surface area contributed by atoms with E-state index >= 15 is 0 Å². The van der Waals surface area contributed by atoms with Crippen molar-refractivity contribution in [2.24, 2.45) is 11.8 Å². The van der Waals surface area contributed by atoms with Gasteiger partial charge in [0.05, 0.1) is 0 Å². The molecule has 1 aromatic rings. The Morgan fingerprint density at radius 1 is 1.12 bits per heavy atom. The van der Waals surface area contributed by atoms with Gasteiger partial charge in [-0.25, -0.2) is 0 Å². The molecular weight excluding hydrogens is 350 g/mol. The molecule has 1 atom stereocenters. The number of carbonyl (C=O) groups is 2. The van der Waals surface area contributed by atoms with Gasteiger partial charge >= 0.3 is 0 Å². The van der Waals surface area contributed by atoms with Gasteiger partial charge in [0.15, 0.2) is 0 Å². The zero-order valence-corrected chi connectivity index (χ0v) is 16.1. The molecule has 1 aliphatic carbocycles. The van der Waals surface area contributed by atoms with Crippen molar-refractivity contribution in [3.8, 4) is 0 Å². The van der Waals surface area contributed by atoms with Gasteiger partial charge in [-0.1, -0.05) is 25.3 Å². The second-order valence-corrected chi connectivity index (χ2v) is 7.31. The van der Waals surface area contributed by atoms with Crippen molar-refractivity contribution in [3.05, 3.63) is 29.8 Å². The Hall–Kier alpha value is -1.59. The highest BCUT2D eigenvalue weighted by Crippen LogP contribution is 2.25. The third kappa shape index (κ3) is 5.99. The standard InChI is InChI=1S/C20H29N3O2.ClH/c24-19(22-12-10-15-9-11-21-14-15)17-7-4-8-18(13-17)23-20(25)16-5-2-1-3-6-16;/h4,7-8,13,15-16,21H,1-3,5-6,9-12,14H2,(H,22,24)(H,23,25);1H. The van der Waals surface area contributed by atoms with E-state index in [9.17, 15) is 9.59 Å². The first kappa shape index (κ1) is 20.7. The number of anilines is 1. The van der Waals surface area contributed by atoms with E-state index in [1.54, 1.807) is 12.1 Å². The van der Waals surface area contributed by atoms with Gasteiger partial charge < -0.3 is 16.0 Å². The van der Waals surface area contributed by atoms with E-state index in [2.05, 4.69) is 16.0 Å². The van der Waals surface area contributed by atoms with Crippen LogP contribution in [0, 0.1) is 11.8 Å². The molecule has 144 valence electrons. The molecule has 1 saturated heterocycles. The number of halogens is 1. The second kappa shape index (κ2) is 10.5. The third-order valence-electron chi connectivity index (χ3n) is 5.37. The number of hydrogen-bond acceptors (Lipinski definition) is 3. The van der Waals surface area contributed by atoms with Crippen LogP contribution in [0.5, 0.6) is 0 Å². The van der Waals surface area contributed by atoms with Gasteiger partial charge in [-0.15, -0.1) is 12.4 Å². The summed E-state index contributed by atoms with van der Waals surface area (Å²) >= 11 is 0. The topological polar surface area (TPSA) is 70.2 Å². The Morgan fingerprint density at radius 3 is 2.65 bits per heavy atom. The van der Waals surface area contributed by atoms with E-state index < -0.39 is 0 Å². The molecular formula is C20H30ClN3O2. The highest BCUT2D eigenvalue weighted by molar-refractivity contribution is 5.97. The molecule has 5 nitrogen and oxygen atoms in total. The molecule has 1 heterocycles. The van der Waals surface area contributed by atoms with Crippen LogP contribution in [-0.4, -0.2) is 31.4 Å². The van der Waals surface area contributed by atoms with Crippen LogP contribution in [0.3, 0.4) is 0 Å². The highest BCUT2D eigenvalue weighted by Gasteiger charge is 2.21. The molecule has 2 amide bonds. The van der Waals surface area contributed by atoms with Gasteiger partial charge in [0.1, 0.15) is 0 Å². The summed E-state index contributed by atoms with van der Waals surface area (Å²) < 4.78 is 0. The predicted octanol–water partition coefficient (Wildman–Crippen LogP) is 3.36. The van der Waals surface area contributed by atoms with E-state index in [0.29, 0.717) is 23.7 Å². The summed E-state index contributed by atoms with van der Waals surface area (Å²) in [4.78, 5) is 24.7. The molecule has 3 rings (SSSR count). The Kier molecular flexibility index (Phi) is 8.39. The van der Waals surface area contributed by atoms with Gasteiger partial charge in [-0.3, -0.25) is 9.59 Å². The Labute approximate surface area is 162 Å². The predicted molar refractivity (Wildman–Crippen MR) is 107 cm³/mol. The largest absolute Gasteiger partial charge is 0.352 e. The van der Waals surface area contributed by atoms with Crippen molar-refractivity contribution in [2.75, 3.05) is 25.0 Å². The quantitative estimate of drug-likeness (QED) is 0.709. The van der Waals surface area contributed by atoms with Gasteiger partial charge in [-0.05, 0) is 62.9 Å². The Balaban J connectivity index is 0.00000243. The first-order valence-corrected chi connectivity index (χ1v) is 9.62. The van der Waals surface area contributed by atoms with Gasteiger partial charge in [-0.2, -0.15) is 0 Å². The minimum atomic E-state index is -0.0697. The summed E-state index contributed by atoms with van der Waals surface area (Å²) in [7, 11) is 0. The summed E-state index contributed by atoms with van der Waals surface area (Å²) in [6, 6.07) is 7.24. The molecule has 1 aliphatic heterocycles. The molecule has 3 N–H and O–H groups in total. The molecule has 1 saturated carbocycles. The fraction of sp³-hybridized carbons (Fsp3) is 0.600. The number of carbonyl (C=O) groups excluding carboxylic acids is 2. The zero-order chi connectivity index (χ0) is 17.5. The van der Waals surface area contributed by atoms with E-state index in [0.717, 1.165) is 45.2 Å². The summed E-state index contributed by atoms with van der Waals surface area (Å²) in [5.74, 6) is 0.804. The number of hydrogen-bond donors (Lipinski definition) is 3. The average Bonchev–Trinajstić information content (AvgIpc) is 3.16. The first-order valence-electron chi connectivity index (χ1n) is 9.62. The molecule has 2 fully saturated rings. The molecule has 1 unspecified atom stereocenters. The lowest BCUT2D eigenvalue weighted by Gasteiger charge is -2.20. The number of nitrogens with one attached hydrogen (secondary N) is 3. The van der Waals surface area contributed by atoms with Crippen molar-refractivity contribution in [1.82, 2.24) is 10.6 Å². The van der Waals surface area contributed by atoms with Crippen LogP contribution in [0.15, 0.2) is 24.3 Å². The van der Waals surface area contributed by atoms with E-state index in [1.165, 1.54) is 12.8 Å². The maximum Gasteiger partial charge on any atom is 0.251 e. The first-order chi connectivity index (χ1) is 12.2. The summed E-state index contributed by atoms with van der Waals surface area (Å²) in [6.07, 6.45) is 7.66. The minimum Gasteiger partial charge on any atom is -0.352 e. The van der Waals surface area contributed by atoms with Gasteiger partial charge in [0.25, 0.3) is 5.91 Å². The van der Waals surface area contributed by atoms with Crippen LogP contribution in [-0.2, 0) is 4.79 Å². The maximum atomic E-state index is 12.4. The van der Waals surface area contributed by atoms with Crippen molar-refractivity contribution in [3.63, 3.8) is 0 Å². The molecule has 1 aromatic carbocycles. The van der Waals surface area contributed by atoms with Crippen LogP contribution in [0.2, 0.25) is 0 Å². The van der Waals surface area contributed by atoms with Crippen molar-refractivity contribution in [1.29, 1.82) is 0 Å². The van der Waals surface area contributed by atoms with Crippen LogP contribution in [0.1, 0.15) is 55.3 Å². The summed E-state index contributed by atoms with van der Waals surface area (Å²) in [6.45, 7) is 2.84. The third-order valence-corrected chi connectivity index (χ3v) is 5.37. The van der Waals surface area contributed by atoms with Crippen LogP contribution in [0.4, 0.5) is 5.69 Å². The lowest BCUT2D eigenvalue weighted by atomic mass is 9.88. The van der Waals surface area contributed by atoms with E-state index in [1.807, 2.05) is 12.1 Å². The highest BCUT2D eigenvalue weighted by atomic mass is 35.5. The van der Waals surface area contributed by atoms with Crippen LogP contribution >= 0.6 is 12.4 Å².